The van der Waals surface area contributed by atoms with Crippen molar-refractivity contribution in [2.75, 3.05) is 0 Å². The lowest BCUT2D eigenvalue weighted by Gasteiger charge is -2.18. The van der Waals surface area contributed by atoms with Crippen LogP contribution in [0.3, 0.4) is 0 Å². The van der Waals surface area contributed by atoms with Gasteiger partial charge in [0, 0.05) is 84.5 Å². The number of para-hydroxylation sites is 1. The quantitative estimate of drug-likeness (QED) is 0.0903. The largest absolute Gasteiger partial charge is 0.456 e. The number of benzene rings is 12. The lowest BCUT2D eigenvalue weighted by molar-refractivity contribution is 0.661. The molecule has 5 heterocycles. The van der Waals surface area contributed by atoms with Crippen LogP contribution in [0, 0.1) is 0 Å². The van der Waals surface area contributed by atoms with Gasteiger partial charge in [0.2, 0.25) is 0 Å². The van der Waals surface area contributed by atoms with Gasteiger partial charge in [-0.25, -0.2) is 0 Å². The van der Waals surface area contributed by atoms with Gasteiger partial charge in [-0.05, 0) is 184 Å². The molecule has 0 fully saturated rings. The maximum atomic E-state index is 7.19. The summed E-state index contributed by atoms with van der Waals surface area (Å²) in [4.78, 5) is 0. The fourth-order valence-corrected chi connectivity index (χ4v) is 17.4. The van der Waals surface area contributed by atoms with Crippen LogP contribution in [-0.4, -0.2) is 4.57 Å². The molecule has 17 aromatic rings. The van der Waals surface area contributed by atoms with Crippen molar-refractivity contribution in [3.63, 3.8) is 0 Å². The molecule has 12 aromatic carbocycles. The van der Waals surface area contributed by atoms with Crippen molar-refractivity contribution >= 4 is 129 Å². The highest BCUT2D eigenvalue weighted by Crippen LogP contribution is 2.47. The molecule has 0 aliphatic carbocycles. The zero-order valence-electron chi connectivity index (χ0n) is 51.0. The fourth-order valence-electron chi connectivity index (χ4n) is 15.2. The van der Waals surface area contributed by atoms with Gasteiger partial charge in [-0.2, -0.15) is 0 Å². The summed E-state index contributed by atoms with van der Waals surface area (Å²) in [5.74, 6) is 0.389. The number of aryl methyl sites for hydroxylation is 1. The molecule has 0 spiro atoms. The second-order valence-corrected chi connectivity index (χ2v) is 27.1. The van der Waals surface area contributed by atoms with Crippen molar-refractivity contribution < 1.29 is 8.83 Å². The summed E-state index contributed by atoms with van der Waals surface area (Å²) in [6.45, 7) is 6.95. The number of nitrogens with zero attached hydrogens (tertiary/aromatic N) is 1. The Morgan fingerprint density at radius 1 is 0.356 bits per heavy atom. The normalized spacial score (nSPS) is 12.9. The number of fused-ring (bicyclic) bond motifs is 15. The Hall–Kier alpha value is -9.52. The number of unbranched alkanes of at least 4 members (excludes halogenated alkanes) is 3. The summed E-state index contributed by atoms with van der Waals surface area (Å²) >= 11 is 3.75. The highest BCUT2D eigenvalue weighted by Gasteiger charge is 2.25. The van der Waals surface area contributed by atoms with Crippen molar-refractivity contribution in [1.29, 1.82) is 0 Å². The minimum atomic E-state index is 0.180. The molecule has 0 amide bonds. The average molecular weight is 1200 g/mol. The van der Waals surface area contributed by atoms with Crippen molar-refractivity contribution in [2.24, 2.45) is 0 Å². The molecule has 0 aliphatic rings. The zero-order chi connectivity index (χ0) is 60.0. The number of hydrogen-bond acceptors (Lipinski definition) is 4. The van der Waals surface area contributed by atoms with Gasteiger partial charge in [-0.1, -0.05) is 192 Å². The van der Waals surface area contributed by atoms with Crippen LogP contribution in [-0.2, 0) is 6.42 Å². The maximum absolute atomic E-state index is 7.19. The Bertz CT molecular complexity index is 5640. The number of hydrogen-bond donors (Lipinski definition) is 0. The van der Waals surface area contributed by atoms with Crippen molar-refractivity contribution in [1.82, 2.24) is 4.57 Å². The molecular formula is C85H67NO2S2. The van der Waals surface area contributed by atoms with Gasteiger partial charge in [-0.15, -0.1) is 22.7 Å². The number of rotatable bonds is 16. The van der Waals surface area contributed by atoms with E-state index in [2.05, 4.69) is 268 Å². The summed E-state index contributed by atoms with van der Waals surface area (Å²) < 4.78 is 21.6. The second kappa shape index (κ2) is 22.5. The molecule has 2 atom stereocenters. The van der Waals surface area contributed by atoms with Gasteiger partial charge in [0.15, 0.2) is 5.58 Å². The average Bonchev–Trinajstić information content (AvgIpc) is 1.87. The topological polar surface area (TPSA) is 31.2 Å². The molecule has 3 nitrogen and oxygen atoms in total. The first-order valence-electron chi connectivity index (χ1n) is 32.5. The first-order chi connectivity index (χ1) is 44.5. The van der Waals surface area contributed by atoms with E-state index in [1.54, 1.807) is 0 Å². The van der Waals surface area contributed by atoms with Crippen LogP contribution < -0.4 is 0 Å². The van der Waals surface area contributed by atoms with E-state index in [0.29, 0.717) is 0 Å². The van der Waals surface area contributed by atoms with Gasteiger partial charge in [0.1, 0.15) is 16.7 Å². The van der Waals surface area contributed by atoms with Gasteiger partial charge < -0.3 is 13.4 Å². The van der Waals surface area contributed by atoms with Gasteiger partial charge in [-0.3, -0.25) is 0 Å². The Labute approximate surface area is 532 Å². The van der Waals surface area contributed by atoms with Gasteiger partial charge in [0.05, 0.1) is 16.7 Å². The summed E-state index contributed by atoms with van der Waals surface area (Å²) in [5, 5.41) is 12.5. The molecule has 436 valence electrons. The van der Waals surface area contributed by atoms with E-state index in [1.165, 1.54) is 153 Å². The lowest BCUT2D eigenvalue weighted by Crippen LogP contribution is -2.01. The molecule has 0 N–H and O–H groups in total. The third kappa shape index (κ3) is 9.18. The fraction of sp³-hybridized carbons (Fsp3) is 0.153. The standard InChI is InChI=1S/C85H67NO2S2/c1-4-7-8-9-21-52-44-72-71-50-58(61(6-3)55-23-17-25-57(47-55)64-30-19-35-82-84(64)67-28-12-15-33-80(67)90-82)38-43-78(71)88-85(72)75(45-52)86-73-31-13-10-26-65(73)68-49-59(36-40-74(68)86)62(20-5-2)60-39-42-77-70(51-60)69-48-54(37-41-76(69)87-77)53-22-16-24-56(46-53)63-29-18-34-81-83(63)66-27-11-14-32-79(66)89-81/h10-19,22-51,61-62H,4-9,20-21H2,1-3H3. The van der Waals surface area contributed by atoms with E-state index in [0.717, 1.165) is 70.9 Å². The minimum absolute atomic E-state index is 0.180. The highest BCUT2D eigenvalue weighted by atomic mass is 32.1. The predicted molar refractivity (Wildman–Crippen MR) is 387 cm³/mol. The Morgan fingerprint density at radius 3 is 1.61 bits per heavy atom. The van der Waals surface area contributed by atoms with Crippen LogP contribution in [0.1, 0.15) is 105 Å². The molecule has 0 aliphatic heterocycles. The smallest absolute Gasteiger partial charge is 0.159 e. The molecule has 0 bridgehead atoms. The molecular weight excluding hydrogens is 1130 g/mol. The van der Waals surface area contributed by atoms with Gasteiger partial charge in [0.25, 0.3) is 0 Å². The van der Waals surface area contributed by atoms with E-state index >= 15 is 0 Å². The minimum Gasteiger partial charge on any atom is -0.456 e. The van der Waals surface area contributed by atoms with E-state index < -0.39 is 0 Å². The third-order valence-electron chi connectivity index (χ3n) is 19.5. The molecule has 2 unspecified atom stereocenters. The summed E-state index contributed by atoms with van der Waals surface area (Å²) in [7, 11) is 0. The van der Waals surface area contributed by atoms with E-state index in [1.807, 2.05) is 22.7 Å². The predicted octanol–water partition coefficient (Wildman–Crippen LogP) is 25.9. The maximum Gasteiger partial charge on any atom is 0.159 e. The molecule has 5 aromatic heterocycles. The van der Waals surface area contributed by atoms with E-state index in [9.17, 15) is 0 Å². The molecule has 0 saturated heterocycles. The number of furan rings is 2. The summed E-state index contributed by atoms with van der Waals surface area (Å²) in [5.41, 5.74) is 21.2. The highest BCUT2D eigenvalue weighted by molar-refractivity contribution is 7.26. The van der Waals surface area contributed by atoms with Gasteiger partial charge >= 0.3 is 0 Å². The second-order valence-electron chi connectivity index (χ2n) is 24.9. The number of thiophene rings is 2. The zero-order valence-corrected chi connectivity index (χ0v) is 52.6. The van der Waals surface area contributed by atoms with E-state index in [4.69, 9.17) is 8.83 Å². The SMILES string of the molecule is CCCCCCc1cc(-n2c3ccccc3c3cc(C(CCC)c4ccc5oc6ccc(-c7cccc(-c8cccc9sc%10ccccc%10c89)c7)cc6c5c4)ccc32)c2oc3ccc(C(CC)c4cccc(-c5cccc6sc7ccccc7c56)c4)cc3c2c1. The first-order valence-corrected chi connectivity index (χ1v) is 34.1. The Kier molecular flexibility index (Phi) is 13.7. The van der Waals surface area contributed by atoms with Crippen LogP contribution in [0.15, 0.2) is 251 Å². The summed E-state index contributed by atoms with van der Waals surface area (Å²) in [6.07, 6.45) is 8.89. The summed E-state index contributed by atoms with van der Waals surface area (Å²) in [6, 6.07) is 91.4. The first kappa shape index (κ1) is 54.6. The number of aromatic nitrogens is 1. The van der Waals surface area contributed by atoms with Crippen molar-refractivity contribution in [3.05, 3.63) is 270 Å². The third-order valence-corrected chi connectivity index (χ3v) is 21.8. The van der Waals surface area contributed by atoms with Crippen LogP contribution in [0.4, 0.5) is 0 Å². The molecule has 0 radical (unpaired) electrons. The van der Waals surface area contributed by atoms with Crippen LogP contribution in [0.2, 0.25) is 0 Å². The monoisotopic (exact) mass is 1200 g/mol. The molecule has 90 heavy (non-hydrogen) atoms. The molecule has 0 saturated carbocycles. The molecule has 17 rings (SSSR count). The molecule has 5 heteroatoms. The van der Waals surface area contributed by atoms with Crippen LogP contribution >= 0.6 is 22.7 Å². The Balaban J connectivity index is 0.745. The van der Waals surface area contributed by atoms with Crippen molar-refractivity contribution in [3.8, 4) is 39.1 Å². The van der Waals surface area contributed by atoms with Crippen LogP contribution in [0.25, 0.3) is 145 Å². The Morgan fingerprint density at radius 2 is 0.900 bits per heavy atom. The van der Waals surface area contributed by atoms with Crippen molar-refractivity contribution in [2.45, 2.75) is 84.0 Å². The van der Waals surface area contributed by atoms with Crippen LogP contribution in [0.5, 0.6) is 0 Å². The van der Waals surface area contributed by atoms with E-state index in [-0.39, 0.29) is 11.8 Å². The lowest BCUT2D eigenvalue weighted by atomic mass is 9.86.